The van der Waals surface area contributed by atoms with Gasteiger partial charge in [-0.3, -0.25) is 4.79 Å². The summed E-state index contributed by atoms with van der Waals surface area (Å²) in [5, 5.41) is 10.3. The summed E-state index contributed by atoms with van der Waals surface area (Å²) in [5.41, 5.74) is 1.07. The van der Waals surface area contributed by atoms with Crippen molar-refractivity contribution in [3.63, 3.8) is 0 Å². The zero-order chi connectivity index (χ0) is 15.7. The van der Waals surface area contributed by atoms with Gasteiger partial charge in [-0.2, -0.15) is 0 Å². The third-order valence-corrected chi connectivity index (χ3v) is 4.06. The van der Waals surface area contributed by atoms with Crippen LogP contribution in [0.2, 0.25) is 0 Å². The average molecular weight is 310 g/mol. The van der Waals surface area contributed by atoms with Gasteiger partial charge >= 0.3 is 0 Å². The Morgan fingerprint density at radius 3 is 2.52 bits per heavy atom. The topological polar surface area (TPSA) is 46.5 Å². The van der Waals surface area contributed by atoms with Gasteiger partial charge in [0.1, 0.15) is 0 Å². The second-order valence-corrected chi connectivity index (χ2v) is 6.82. The summed E-state index contributed by atoms with van der Waals surface area (Å²) in [5.74, 6) is 0.774. The van der Waals surface area contributed by atoms with E-state index in [1.807, 2.05) is 37.3 Å². The molecule has 21 heavy (non-hydrogen) atoms. The molecule has 1 rings (SSSR count). The van der Waals surface area contributed by atoms with Gasteiger partial charge in [0.15, 0.2) is 5.12 Å². The largest absolute Gasteiger partial charge is 0.390 e. The van der Waals surface area contributed by atoms with Gasteiger partial charge in [0.2, 0.25) is 0 Å². The van der Waals surface area contributed by atoms with Crippen LogP contribution in [0.25, 0.3) is 0 Å². The summed E-state index contributed by atoms with van der Waals surface area (Å²) < 4.78 is 5.56. The number of benzene rings is 1. The van der Waals surface area contributed by atoms with Crippen molar-refractivity contribution in [2.45, 2.75) is 39.9 Å². The van der Waals surface area contributed by atoms with E-state index in [2.05, 4.69) is 13.8 Å². The summed E-state index contributed by atoms with van der Waals surface area (Å²) in [6.45, 7) is 6.74. The van der Waals surface area contributed by atoms with Gasteiger partial charge in [-0.25, -0.2) is 0 Å². The van der Waals surface area contributed by atoms with Crippen molar-refractivity contribution < 1.29 is 14.6 Å². The molecule has 1 N–H and O–H groups in total. The van der Waals surface area contributed by atoms with Gasteiger partial charge in [0.05, 0.1) is 25.2 Å². The molecule has 1 aromatic rings. The van der Waals surface area contributed by atoms with Crippen LogP contribution in [0, 0.1) is 11.8 Å². The molecule has 0 heterocycles. The van der Waals surface area contributed by atoms with E-state index >= 15 is 0 Å². The Hall–Kier alpha value is -0.840. The molecule has 4 heteroatoms. The van der Waals surface area contributed by atoms with Crippen LogP contribution in [-0.4, -0.2) is 28.7 Å². The molecular formula is C17H26O3S. The first kappa shape index (κ1) is 18.2. The van der Waals surface area contributed by atoms with E-state index in [0.29, 0.717) is 18.9 Å². The minimum atomic E-state index is -0.734. The van der Waals surface area contributed by atoms with Gasteiger partial charge in [-0.15, -0.1) is 0 Å². The Morgan fingerprint density at radius 2 is 1.95 bits per heavy atom. The maximum atomic E-state index is 12.1. The van der Waals surface area contributed by atoms with Crippen LogP contribution in [0.1, 0.15) is 32.8 Å². The molecule has 118 valence electrons. The molecule has 0 aliphatic heterocycles. The van der Waals surface area contributed by atoms with Crippen molar-refractivity contribution >= 4 is 16.9 Å². The van der Waals surface area contributed by atoms with Crippen LogP contribution in [0.15, 0.2) is 30.3 Å². The summed E-state index contributed by atoms with van der Waals surface area (Å²) >= 11 is 1.29. The molecule has 0 bridgehead atoms. The second-order valence-electron chi connectivity index (χ2n) is 5.56. The number of carbonyl (C=O) groups excluding carboxylic acids is 1. The summed E-state index contributed by atoms with van der Waals surface area (Å²) in [6, 6.07) is 9.83. The normalized spacial score (nSPS) is 14.1. The highest BCUT2D eigenvalue weighted by Gasteiger charge is 2.27. The third kappa shape index (κ3) is 7.11. The van der Waals surface area contributed by atoms with E-state index in [-0.39, 0.29) is 17.6 Å². The third-order valence-electron chi connectivity index (χ3n) is 3.18. The van der Waals surface area contributed by atoms with E-state index in [4.69, 9.17) is 4.74 Å². The molecule has 2 atom stereocenters. The Morgan fingerprint density at radius 1 is 1.29 bits per heavy atom. The van der Waals surface area contributed by atoms with E-state index < -0.39 is 6.10 Å². The lowest BCUT2D eigenvalue weighted by Gasteiger charge is -2.23. The van der Waals surface area contributed by atoms with Crippen molar-refractivity contribution in [2.75, 3.05) is 12.4 Å². The lowest BCUT2D eigenvalue weighted by molar-refractivity contribution is -0.120. The number of aliphatic hydroxyl groups excluding tert-OH is 1. The maximum absolute atomic E-state index is 12.1. The van der Waals surface area contributed by atoms with Crippen LogP contribution >= 0.6 is 11.8 Å². The van der Waals surface area contributed by atoms with Crippen molar-refractivity contribution in [1.29, 1.82) is 0 Å². The van der Waals surface area contributed by atoms with Gasteiger partial charge in [-0.1, -0.05) is 62.9 Å². The molecular weight excluding hydrogens is 284 g/mol. The molecule has 0 amide bonds. The van der Waals surface area contributed by atoms with Crippen LogP contribution in [0.4, 0.5) is 0 Å². The quantitative estimate of drug-likeness (QED) is 0.758. The van der Waals surface area contributed by atoms with E-state index in [0.717, 1.165) is 11.3 Å². The molecule has 0 saturated heterocycles. The lowest BCUT2D eigenvalue weighted by Crippen LogP contribution is -2.32. The first-order chi connectivity index (χ1) is 10.0. The predicted molar refractivity (Wildman–Crippen MR) is 88.2 cm³/mol. The molecule has 0 unspecified atom stereocenters. The second kappa shape index (κ2) is 9.98. The summed E-state index contributed by atoms with van der Waals surface area (Å²) in [4.78, 5) is 12.1. The number of hydrogen-bond acceptors (Lipinski definition) is 4. The fourth-order valence-corrected chi connectivity index (χ4v) is 2.91. The molecule has 0 aliphatic rings. The zero-order valence-electron chi connectivity index (χ0n) is 13.1. The molecule has 0 aromatic heterocycles. The smallest absolute Gasteiger partial charge is 0.194 e. The Bertz CT molecular complexity index is 406. The Labute approximate surface area is 132 Å². The molecule has 1 aromatic carbocycles. The number of aliphatic hydroxyl groups is 1. The summed E-state index contributed by atoms with van der Waals surface area (Å²) in [6.07, 6.45) is -0.0375. The van der Waals surface area contributed by atoms with Crippen molar-refractivity contribution in [2.24, 2.45) is 11.8 Å². The van der Waals surface area contributed by atoms with E-state index in [1.165, 1.54) is 11.8 Å². The van der Waals surface area contributed by atoms with Crippen molar-refractivity contribution in [1.82, 2.24) is 0 Å². The molecule has 0 spiro atoms. The van der Waals surface area contributed by atoms with Crippen LogP contribution in [0.3, 0.4) is 0 Å². The minimum absolute atomic E-state index is 0.0713. The van der Waals surface area contributed by atoms with E-state index in [1.54, 1.807) is 0 Å². The molecule has 0 radical (unpaired) electrons. The highest BCUT2D eigenvalue weighted by Crippen LogP contribution is 2.23. The maximum Gasteiger partial charge on any atom is 0.194 e. The SMILES string of the molecule is CCSC(=O)[C@@H](CC(C)C)[C@@H](O)COCc1ccccc1. The van der Waals surface area contributed by atoms with Crippen molar-refractivity contribution in [3.05, 3.63) is 35.9 Å². The number of ether oxygens (including phenoxy) is 1. The highest BCUT2D eigenvalue weighted by atomic mass is 32.2. The zero-order valence-corrected chi connectivity index (χ0v) is 13.9. The fourth-order valence-electron chi connectivity index (χ4n) is 2.16. The van der Waals surface area contributed by atoms with Gasteiger partial charge in [0, 0.05) is 0 Å². The molecule has 0 aliphatic carbocycles. The first-order valence-electron chi connectivity index (χ1n) is 7.51. The Balaban J connectivity index is 2.47. The van der Waals surface area contributed by atoms with E-state index in [9.17, 15) is 9.90 Å². The number of rotatable bonds is 9. The number of thioether (sulfide) groups is 1. The first-order valence-corrected chi connectivity index (χ1v) is 8.49. The Kier molecular flexibility index (Phi) is 8.66. The van der Waals surface area contributed by atoms with Gasteiger partial charge in [0.25, 0.3) is 0 Å². The minimum Gasteiger partial charge on any atom is -0.390 e. The predicted octanol–water partition coefficient (Wildman–Crippen LogP) is 3.51. The molecule has 0 fully saturated rings. The number of hydrogen-bond donors (Lipinski definition) is 1. The summed E-state index contributed by atoms with van der Waals surface area (Å²) in [7, 11) is 0. The van der Waals surface area contributed by atoms with Crippen LogP contribution in [-0.2, 0) is 16.1 Å². The molecule has 0 saturated carbocycles. The number of carbonyl (C=O) groups is 1. The lowest BCUT2D eigenvalue weighted by atomic mass is 9.93. The van der Waals surface area contributed by atoms with Gasteiger partial charge in [-0.05, 0) is 23.7 Å². The van der Waals surface area contributed by atoms with Crippen LogP contribution < -0.4 is 0 Å². The monoisotopic (exact) mass is 310 g/mol. The average Bonchev–Trinajstić information content (AvgIpc) is 2.45. The molecule has 3 nitrogen and oxygen atoms in total. The standard InChI is InChI=1S/C17H26O3S/c1-4-21-17(19)15(10-13(2)3)16(18)12-20-11-14-8-6-5-7-9-14/h5-9,13,15-16,18H,4,10-12H2,1-3H3/t15-,16-/m0/s1. The van der Waals surface area contributed by atoms with Crippen molar-refractivity contribution in [3.8, 4) is 0 Å². The highest BCUT2D eigenvalue weighted by molar-refractivity contribution is 8.13. The van der Waals surface area contributed by atoms with Gasteiger partial charge < -0.3 is 9.84 Å². The fraction of sp³-hybridized carbons (Fsp3) is 0.588. The van der Waals surface area contributed by atoms with Crippen LogP contribution in [0.5, 0.6) is 0 Å².